The molecule has 2 N–H and O–H groups in total. The number of urea groups is 1. The highest BCUT2D eigenvalue weighted by Gasteiger charge is 2.36. The molecular formula is C27H33FN6O4S. The highest BCUT2D eigenvalue weighted by Crippen LogP contribution is 2.32. The molecule has 1 aromatic carbocycles. The van der Waals surface area contributed by atoms with E-state index < -0.39 is 27.8 Å². The molecule has 2 aromatic heterocycles. The van der Waals surface area contributed by atoms with Crippen LogP contribution < -0.4 is 15.5 Å². The number of anilines is 1. The molecule has 1 aliphatic heterocycles. The summed E-state index contributed by atoms with van der Waals surface area (Å²) in [4.78, 5) is 32.2. The van der Waals surface area contributed by atoms with Crippen molar-refractivity contribution in [3.05, 3.63) is 65.9 Å². The van der Waals surface area contributed by atoms with Crippen LogP contribution in [0.15, 0.2) is 53.8 Å². The number of rotatable bonds is 9. The first-order valence-corrected chi connectivity index (χ1v) is 14.9. The molecule has 0 fully saturated rings. The molecule has 2 atom stereocenters. The number of sulfone groups is 1. The van der Waals surface area contributed by atoms with Crippen LogP contribution in [0.25, 0.3) is 5.69 Å². The molecule has 0 spiro atoms. The lowest BCUT2D eigenvalue weighted by Crippen LogP contribution is -2.50. The maximum atomic E-state index is 13.7. The molecule has 208 valence electrons. The van der Waals surface area contributed by atoms with Gasteiger partial charge in [0.2, 0.25) is 5.91 Å². The monoisotopic (exact) mass is 556 g/mol. The Kier molecular flexibility index (Phi) is 8.63. The highest BCUT2D eigenvalue weighted by molar-refractivity contribution is 7.90. The van der Waals surface area contributed by atoms with Crippen LogP contribution in [0.5, 0.6) is 0 Å². The summed E-state index contributed by atoms with van der Waals surface area (Å²) in [6, 6.07) is 8.10. The van der Waals surface area contributed by atoms with Gasteiger partial charge in [-0.1, -0.05) is 20.3 Å². The van der Waals surface area contributed by atoms with E-state index in [2.05, 4.69) is 20.7 Å². The van der Waals surface area contributed by atoms with Gasteiger partial charge in [-0.2, -0.15) is 5.10 Å². The van der Waals surface area contributed by atoms with Gasteiger partial charge < -0.3 is 10.6 Å². The van der Waals surface area contributed by atoms with Gasteiger partial charge in [0.1, 0.15) is 5.82 Å². The lowest BCUT2D eigenvalue weighted by atomic mass is 9.96. The second-order valence-corrected chi connectivity index (χ2v) is 11.6. The van der Waals surface area contributed by atoms with Gasteiger partial charge in [0.25, 0.3) is 0 Å². The Labute approximate surface area is 227 Å². The van der Waals surface area contributed by atoms with Gasteiger partial charge in [0, 0.05) is 32.0 Å². The fourth-order valence-corrected chi connectivity index (χ4v) is 5.25. The zero-order chi connectivity index (χ0) is 28.2. The van der Waals surface area contributed by atoms with Crippen LogP contribution >= 0.6 is 0 Å². The van der Waals surface area contributed by atoms with E-state index in [1.165, 1.54) is 29.3 Å². The second kappa shape index (κ2) is 11.9. The molecule has 12 heteroatoms. The molecule has 39 heavy (non-hydrogen) atoms. The number of nitrogens with one attached hydrogen (secondary N) is 2. The third kappa shape index (κ3) is 6.44. The van der Waals surface area contributed by atoms with Crippen molar-refractivity contribution in [3.8, 4) is 5.69 Å². The lowest BCUT2D eigenvalue weighted by molar-refractivity contribution is -0.124. The Balaban J connectivity index is 1.67. The predicted molar refractivity (Wildman–Crippen MR) is 145 cm³/mol. The van der Waals surface area contributed by atoms with Crippen LogP contribution in [0.4, 0.5) is 14.9 Å². The van der Waals surface area contributed by atoms with Gasteiger partial charge >= 0.3 is 6.03 Å². The van der Waals surface area contributed by atoms with Crippen LogP contribution in [0, 0.1) is 11.7 Å². The quantitative estimate of drug-likeness (QED) is 0.415. The fourth-order valence-electron chi connectivity index (χ4n) is 4.65. The van der Waals surface area contributed by atoms with Gasteiger partial charge in [-0.3, -0.25) is 9.69 Å². The molecule has 0 aliphatic carbocycles. The molecule has 0 saturated carbocycles. The number of pyridine rings is 1. The Morgan fingerprint density at radius 3 is 2.56 bits per heavy atom. The summed E-state index contributed by atoms with van der Waals surface area (Å²) < 4.78 is 39.3. The number of amides is 3. The number of benzene rings is 1. The van der Waals surface area contributed by atoms with E-state index in [1.807, 2.05) is 13.8 Å². The standard InChI is InChI=1S/C27H33FN6O4S/c1-4-6-22(18-11-13-29-25(15-18)39(3,37)38)32-27(36)33-17-19(26(35)30-12-5-2)14-23-24(33)16-31-34(23)21-9-7-20(28)8-10-21/h7-11,13,15-16,19,22H,4-6,12,14,17H2,1-3H3,(H,30,35)(H,32,36). The van der Waals surface area contributed by atoms with Gasteiger partial charge in [-0.25, -0.2) is 27.3 Å². The van der Waals surface area contributed by atoms with E-state index in [1.54, 1.807) is 29.1 Å². The van der Waals surface area contributed by atoms with E-state index in [4.69, 9.17) is 0 Å². The first-order chi connectivity index (χ1) is 18.6. The van der Waals surface area contributed by atoms with Crippen molar-refractivity contribution >= 4 is 27.5 Å². The second-order valence-electron chi connectivity index (χ2n) is 9.66. The average molecular weight is 557 g/mol. The number of hydrogen-bond acceptors (Lipinski definition) is 6. The number of carbonyl (C=O) groups excluding carboxylic acids is 2. The van der Waals surface area contributed by atoms with Gasteiger partial charge in [-0.05, 0) is 54.8 Å². The van der Waals surface area contributed by atoms with E-state index >= 15 is 0 Å². The van der Waals surface area contributed by atoms with Crippen molar-refractivity contribution < 1.29 is 22.4 Å². The fraction of sp³-hybridized carbons (Fsp3) is 0.407. The van der Waals surface area contributed by atoms with Gasteiger partial charge in [0.15, 0.2) is 14.9 Å². The third-order valence-corrected chi connectivity index (χ3v) is 7.62. The van der Waals surface area contributed by atoms with Crippen LogP contribution in [0.3, 0.4) is 0 Å². The third-order valence-electron chi connectivity index (χ3n) is 6.63. The van der Waals surface area contributed by atoms with E-state index in [0.29, 0.717) is 42.0 Å². The average Bonchev–Trinajstić information content (AvgIpc) is 3.35. The number of hydrogen-bond donors (Lipinski definition) is 2. The Bertz CT molecular complexity index is 1440. The maximum Gasteiger partial charge on any atom is 0.322 e. The summed E-state index contributed by atoms with van der Waals surface area (Å²) in [5.74, 6) is -1.06. The molecule has 0 radical (unpaired) electrons. The molecule has 2 unspecified atom stereocenters. The smallest absolute Gasteiger partial charge is 0.322 e. The largest absolute Gasteiger partial charge is 0.356 e. The summed E-state index contributed by atoms with van der Waals surface area (Å²) >= 11 is 0. The summed E-state index contributed by atoms with van der Waals surface area (Å²) in [7, 11) is -3.53. The van der Waals surface area contributed by atoms with E-state index in [9.17, 15) is 22.4 Å². The highest BCUT2D eigenvalue weighted by atomic mass is 32.2. The minimum Gasteiger partial charge on any atom is -0.356 e. The van der Waals surface area contributed by atoms with Crippen molar-refractivity contribution in [2.75, 3.05) is 24.2 Å². The molecule has 1 aliphatic rings. The maximum absolute atomic E-state index is 13.7. The summed E-state index contributed by atoms with van der Waals surface area (Å²) in [6.45, 7) is 4.60. The van der Waals surface area contributed by atoms with Crippen molar-refractivity contribution in [1.29, 1.82) is 0 Å². The number of nitrogens with zero attached hydrogens (tertiary/aromatic N) is 4. The Hall–Kier alpha value is -3.80. The number of halogens is 1. The minimum absolute atomic E-state index is 0.0659. The first-order valence-electron chi connectivity index (χ1n) is 13.0. The van der Waals surface area contributed by atoms with Gasteiger partial charge in [0.05, 0.1) is 35.2 Å². The van der Waals surface area contributed by atoms with Crippen molar-refractivity contribution in [2.24, 2.45) is 5.92 Å². The number of carbonyl (C=O) groups is 2. The zero-order valence-electron chi connectivity index (χ0n) is 22.2. The molecule has 0 saturated heterocycles. The molecular weight excluding hydrogens is 523 g/mol. The van der Waals surface area contributed by atoms with Crippen molar-refractivity contribution in [3.63, 3.8) is 0 Å². The van der Waals surface area contributed by atoms with Crippen LogP contribution in [-0.4, -0.2) is 54.5 Å². The van der Waals surface area contributed by atoms with Gasteiger partial charge in [-0.15, -0.1) is 0 Å². The van der Waals surface area contributed by atoms with Crippen molar-refractivity contribution in [2.45, 2.75) is 50.6 Å². The Morgan fingerprint density at radius 2 is 1.90 bits per heavy atom. The molecule has 3 aromatic rings. The van der Waals surface area contributed by atoms with Crippen LogP contribution in [0.2, 0.25) is 0 Å². The Morgan fingerprint density at radius 1 is 1.15 bits per heavy atom. The van der Waals surface area contributed by atoms with Crippen LogP contribution in [0.1, 0.15) is 50.4 Å². The van der Waals surface area contributed by atoms with E-state index in [-0.39, 0.29) is 23.3 Å². The van der Waals surface area contributed by atoms with Crippen LogP contribution in [-0.2, 0) is 21.1 Å². The summed E-state index contributed by atoms with van der Waals surface area (Å²) in [6.07, 6.45) is 6.51. The normalized spacial score (nSPS) is 15.9. The number of aromatic nitrogens is 3. The topological polar surface area (TPSA) is 126 Å². The summed E-state index contributed by atoms with van der Waals surface area (Å²) in [5.41, 5.74) is 2.45. The molecule has 4 rings (SSSR count). The first kappa shape index (κ1) is 28.2. The lowest BCUT2D eigenvalue weighted by Gasteiger charge is -2.33. The summed E-state index contributed by atoms with van der Waals surface area (Å²) in [5, 5.41) is 10.3. The molecule has 3 heterocycles. The minimum atomic E-state index is -3.53. The zero-order valence-corrected chi connectivity index (χ0v) is 23.0. The SMILES string of the molecule is CCCNC(=O)C1Cc2c(cnn2-c2ccc(F)cc2)N(C(=O)NC(CCC)c2ccnc(S(C)(=O)=O)c2)C1. The molecule has 10 nitrogen and oxygen atoms in total. The predicted octanol–water partition coefficient (Wildman–Crippen LogP) is 3.57. The number of fused-ring (bicyclic) bond motifs is 1. The molecule has 0 bridgehead atoms. The van der Waals surface area contributed by atoms with Crippen molar-refractivity contribution in [1.82, 2.24) is 25.4 Å². The van der Waals surface area contributed by atoms with E-state index in [0.717, 1.165) is 19.1 Å². The molecule has 3 amide bonds.